The molecule has 0 spiro atoms. The summed E-state index contributed by atoms with van der Waals surface area (Å²) >= 11 is 1.80. The number of amides is 1. The summed E-state index contributed by atoms with van der Waals surface area (Å²) in [5, 5.41) is 10.3. The number of fused-ring (bicyclic) bond motifs is 1. The smallest absolute Gasteiger partial charge is 0.307 e. The highest BCUT2D eigenvalue weighted by Gasteiger charge is 2.15. The van der Waals surface area contributed by atoms with Gasteiger partial charge in [0, 0.05) is 29.8 Å². The molecule has 1 amide bonds. The van der Waals surface area contributed by atoms with Crippen LogP contribution in [0, 0.1) is 5.41 Å². The first-order valence-corrected chi connectivity index (χ1v) is 11.6. The van der Waals surface area contributed by atoms with Crippen LogP contribution in [0.25, 0.3) is 22.4 Å². The van der Waals surface area contributed by atoms with Gasteiger partial charge in [-0.05, 0) is 36.6 Å². The number of hydrogen-bond donors (Lipinski definition) is 3. The van der Waals surface area contributed by atoms with Crippen molar-refractivity contribution in [2.75, 3.05) is 25.7 Å². The van der Waals surface area contributed by atoms with Crippen LogP contribution in [0.2, 0.25) is 0 Å². The molecule has 0 bridgehead atoms. The van der Waals surface area contributed by atoms with Crippen LogP contribution in [0.1, 0.15) is 28.8 Å². The number of rotatable bonds is 10. The van der Waals surface area contributed by atoms with Gasteiger partial charge in [0.15, 0.2) is 0 Å². The number of imidazole rings is 1. The molecule has 8 nitrogen and oxygen atoms in total. The van der Waals surface area contributed by atoms with Gasteiger partial charge in [-0.15, -0.1) is 0 Å². The molecular formula is C23H27N5O3S. The molecule has 1 aromatic heterocycles. The number of thioether (sulfide) groups is 1. The molecule has 0 saturated heterocycles. The van der Waals surface area contributed by atoms with Gasteiger partial charge in [-0.25, -0.2) is 4.98 Å². The fourth-order valence-electron chi connectivity index (χ4n) is 3.37. The SMILES string of the molecule is COC(=O)CCNC(=O)c1ccc2c(c1)nc(-c1ccc(C(=N)N)cc1)n2CCCSC. The number of methoxy groups -OCH3 is 1. The third kappa shape index (κ3) is 5.47. The van der Waals surface area contributed by atoms with Crippen molar-refractivity contribution >= 4 is 40.5 Å². The summed E-state index contributed by atoms with van der Waals surface area (Å²) in [6, 6.07) is 12.9. The Kier molecular flexibility index (Phi) is 7.88. The molecule has 1 heterocycles. The summed E-state index contributed by atoms with van der Waals surface area (Å²) in [5.74, 6) is 1.22. The lowest BCUT2D eigenvalue weighted by Crippen LogP contribution is -2.26. The third-order valence-corrected chi connectivity index (χ3v) is 5.73. The van der Waals surface area contributed by atoms with E-state index in [0.29, 0.717) is 11.1 Å². The number of benzene rings is 2. The lowest BCUT2D eigenvalue weighted by Gasteiger charge is -2.10. The maximum atomic E-state index is 12.5. The zero-order valence-electron chi connectivity index (χ0n) is 18.2. The molecule has 3 rings (SSSR count). The fraction of sp³-hybridized carbons (Fsp3) is 0.304. The predicted octanol–water partition coefficient (Wildman–Crippen LogP) is 3.03. The van der Waals surface area contributed by atoms with Crippen LogP contribution in [0.3, 0.4) is 0 Å². The molecule has 32 heavy (non-hydrogen) atoms. The van der Waals surface area contributed by atoms with E-state index in [0.717, 1.165) is 41.1 Å². The van der Waals surface area contributed by atoms with Gasteiger partial charge >= 0.3 is 5.97 Å². The number of nitrogens with zero attached hydrogens (tertiary/aromatic N) is 2. The van der Waals surface area contributed by atoms with Gasteiger partial charge in [0.25, 0.3) is 5.91 Å². The first-order chi connectivity index (χ1) is 15.4. The van der Waals surface area contributed by atoms with Gasteiger partial charge in [-0.1, -0.05) is 24.3 Å². The van der Waals surface area contributed by atoms with Crippen LogP contribution in [-0.2, 0) is 16.1 Å². The molecule has 9 heteroatoms. The van der Waals surface area contributed by atoms with E-state index in [1.165, 1.54) is 7.11 Å². The normalized spacial score (nSPS) is 10.8. The van der Waals surface area contributed by atoms with Gasteiger partial charge < -0.3 is 20.4 Å². The average molecular weight is 454 g/mol. The Labute approximate surface area is 191 Å². The molecule has 3 aromatic rings. The average Bonchev–Trinajstić information content (AvgIpc) is 3.16. The first kappa shape index (κ1) is 23.3. The van der Waals surface area contributed by atoms with Crippen molar-refractivity contribution in [1.29, 1.82) is 5.41 Å². The van der Waals surface area contributed by atoms with E-state index in [9.17, 15) is 9.59 Å². The summed E-state index contributed by atoms with van der Waals surface area (Å²) in [7, 11) is 1.32. The number of nitrogens with one attached hydrogen (secondary N) is 2. The molecule has 0 atom stereocenters. The molecule has 0 unspecified atom stereocenters. The minimum atomic E-state index is -0.370. The maximum absolute atomic E-state index is 12.5. The Hall–Kier alpha value is -3.33. The predicted molar refractivity (Wildman–Crippen MR) is 128 cm³/mol. The van der Waals surface area contributed by atoms with Crippen molar-refractivity contribution in [1.82, 2.24) is 14.9 Å². The molecule has 2 aromatic carbocycles. The van der Waals surface area contributed by atoms with Crippen molar-refractivity contribution in [2.24, 2.45) is 5.73 Å². The van der Waals surface area contributed by atoms with Crippen molar-refractivity contribution in [3.05, 3.63) is 53.6 Å². The number of carbonyl (C=O) groups is 2. The highest BCUT2D eigenvalue weighted by molar-refractivity contribution is 7.98. The zero-order chi connectivity index (χ0) is 23.1. The number of aryl methyl sites for hydroxylation is 1. The summed E-state index contributed by atoms with van der Waals surface area (Å²) in [6.45, 7) is 1.01. The number of carbonyl (C=O) groups excluding carboxylic acids is 2. The van der Waals surface area contributed by atoms with Crippen LogP contribution >= 0.6 is 11.8 Å². The number of ether oxygens (including phenoxy) is 1. The monoisotopic (exact) mass is 453 g/mol. The topological polar surface area (TPSA) is 123 Å². The number of nitrogen functional groups attached to an aromatic ring is 1. The van der Waals surface area contributed by atoms with Gasteiger partial charge in [-0.3, -0.25) is 15.0 Å². The molecule has 0 radical (unpaired) electrons. The molecular weight excluding hydrogens is 426 g/mol. The number of esters is 1. The molecule has 168 valence electrons. The molecule has 0 aliphatic heterocycles. The van der Waals surface area contributed by atoms with Crippen LogP contribution in [0.4, 0.5) is 0 Å². The Morgan fingerprint density at radius 2 is 1.91 bits per heavy atom. The van der Waals surface area contributed by atoms with Gasteiger partial charge in [0.1, 0.15) is 11.7 Å². The van der Waals surface area contributed by atoms with Crippen molar-refractivity contribution in [3.8, 4) is 11.4 Å². The minimum Gasteiger partial charge on any atom is -0.469 e. The second-order valence-electron chi connectivity index (χ2n) is 7.21. The molecule has 0 fully saturated rings. The van der Waals surface area contributed by atoms with Crippen molar-refractivity contribution in [3.63, 3.8) is 0 Å². The molecule has 0 aliphatic carbocycles. The van der Waals surface area contributed by atoms with E-state index in [4.69, 9.17) is 16.1 Å². The summed E-state index contributed by atoms with van der Waals surface area (Å²) in [6.07, 6.45) is 3.19. The summed E-state index contributed by atoms with van der Waals surface area (Å²) in [4.78, 5) is 28.6. The standard InChI is InChI=1S/C23H27N5O3S/c1-31-20(29)10-11-26-23(30)17-8-9-19-18(14-17)27-22(28(19)12-3-13-32-2)16-6-4-15(5-7-16)21(24)25/h4-9,14H,3,10-13H2,1-2H3,(H3,24,25)(H,26,30). The fourth-order valence-corrected chi connectivity index (χ4v) is 3.78. The van der Waals surface area contributed by atoms with Crippen molar-refractivity contribution in [2.45, 2.75) is 19.4 Å². The number of aromatic nitrogens is 2. The Morgan fingerprint density at radius 3 is 2.56 bits per heavy atom. The lowest BCUT2D eigenvalue weighted by molar-refractivity contribution is -0.140. The van der Waals surface area contributed by atoms with Gasteiger partial charge in [0.05, 0.1) is 24.6 Å². The summed E-state index contributed by atoms with van der Waals surface area (Å²) < 4.78 is 6.75. The van der Waals surface area contributed by atoms with E-state index in [2.05, 4.69) is 20.9 Å². The Balaban J connectivity index is 1.92. The van der Waals surface area contributed by atoms with E-state index in [-0.39, 0.29) is 30.7 Å². The van der Waals surface area contributed by atoms with E-state index in [1.54, 1.807) is 23.9 Å². The molecule has 4 N–H and O–H groups in total. The zero-order valence-corrected chi connectivity index (χ0v) is 19.0. The highest BCUT2D eigenvalue weighted by Crippen LogP contribution is 2.26. The number of hydrogen-bond acceptors (Lipinski definition) is 6. The van der Waals surface area contributed by atoms with Crippen molar-refractivity contribution < 1.29 is 14.3 Å². The van der Waals surface area contributed by atoms with E-state index < -0.39 is 0 Å². The Morgan fingerprint density at radius 1 is 1.19 bits per heavy atom. The number of amidine groups is 1. The quantitative estimate of drug-likeness (QED) is 0.188. The Bertz CT molecular complexity index is 1120. The largest absolute Gasteiger partial charge is 0.469 e. The third-order valence-electron chi connectivity index (χ3n) is 5.04. The van der Waals surface area contributed by atoms with Crippen LogP contribution in [0.5, 0.6) is 0 Å². The van der Waals surface area contributed by atoms with Gasteiger partial charge in [-0.2, -0.15) is 11.8 Å². The highest BCUT2D eigenvalue weighted by atomic mass is 32.2. The van der Waals surface area contributed by atoms with Crippen LogP contribution < -0.4 is 11.1 Å². The van der Waals surface area contributed by atoms with Crippen LogP contribution in [-0.4, -0.2) is 52.9 Å². The lowest BCUT2D eigenvalue weighted by atomic mass is 10.1. The van der Waals surface area contributed by atoms with Crippen LogP contribution in [0.15, 0.2) is 42.5 Å². The second kappa shape index (κ2) is 10.8. The van der Waals surface area contributed by atoms with E-state index >= 15 is 0 Å². The summed E-state index contributed by atoms with van der Waals surface area (Å²) in [5.41, 5.74) is 9.30. The molecule has 0 saturated carbocycles. The molecule has 0 aliphatic rings. The first-order valence-electron chi connectivity index (χ1n) is 10.2. The minimum absolute atomic E-state index is 0.0212. The second-order valence-corrected chi connectivity index (χ2v) is 8.20. The van der Waals surface area contributed by atoms with Gasteiger partial charge in [0.2, 0.25) is 0 Å². The van der Waals surface area contributed by atoms with E-state index in [1.807, 2.05) is 30.3 Å². The number of nitrogens with two attached hydrogens (primary N) is 1. The maximum Gasteiger partial charge on any atom is 0.307 e.